The summed E-state index contributed by atoms with van der Waals surface area (Å²) in [5.41, 5.74) is 0.878. The van der Waals surface area contributed by atoms with E-state index in [4.69, 9.17) is 4.52 Å². The van der Waals surface area contributed by atoms with Crippen LogP contribution in [0.4, 0.5) is 14.5 Å². The summed E-state index contributed by atoms with van der Waals surface area (Å²) in [6, 6.07) is 11.4. The van der Waals surface area contributed by atoms with Crippen LogP contribution in [0.5, 0.6) is 0 Å². The molecule has 2 heterocycles. The first-order valence-corrected chi connectivity index (χ1v) is 12.1. The molecule has 3 aromatic rings. The van der Waals surface area contributed by atoms with Crippen LogP contribution in [0.1, 0.15) is 29.9 Å². The number of hydrogen-bond acceptors (Lipinski definition) is 5. The summed E-state index contributed by atoms with van der Waals surface area (Å²) in [6.07, 6.45) is 3.80. The van der Waals surface area contributed by atoms with Gasteiger partial charge in [0.25, 0.3) is 0 Å². The lowest BCUT2D eigenvalue weighted by Crippen LogP contribution is -2.43. The number of hydrogen-bond donors (Lipinski definition) is 1. The van der Waals surface area contributed by atoms with Gasteiger partial charge in [0.15, 0.2) is 10.7 Å². The Morgan fingerprint density at radius 3 is 2.62 bits per heavy atom. The predicted octanol–water partition coefficient (Wildman–Crippen LogP) is 4.47. The van der Waals surface area contributed by atoms with Crippen LogP contribution in [0.3, 0.4) is 0 Å². The molecule has 0 aliphatic carbocycles. The van der Waals surface area contributed by atoms with Crippen LogP contribution in [-0.2, 0) is 14.8 Å². The first kappa shape index (κ1) is 23.8. The second-order valence-corrected chi connectivity index (χ2v) is 9.89. The van der Waals surface area contributed by atoms with Gasteiger partial charge in [0, 0.05) is 24.3 Å². The van der Waals surface area contributed by atoms with Crippen LogP contribution < -0.4 is 5.32 Å². The molecule has 2 aromatic carbocycles. The topological polar surface area (TPSA) is 92.5 Å². The number of benzene rings is 2. The lowest BCUT2D eigenvalue weighted by atomic mass is 9.99. The standard InChI is InChI=1S/C24H23F2N3O4S/c1-16-23(22(33-28-16)13-8-17-5-2-3-7-21(17)26)34(31,32)29-14-4-6-18(15-29)24(30)27-20-11-9-19(25)10-12-20/h2-3,5,7-13,18H,4,6,14-15H2,1H3,(H,27,30)/b13-8+/t18-/m0/s1. The van der Waals surface area contributed by atoms with Crippen LogP contribution >= 0.6 is 0 Å². The molecule has 1 fully saturated rings. The number of aryl methyl sites for hydroxylation is 1. The quantitative estimate of drug-likeness (QED) is 0.554. The Balaban J connectivity index is 1.54. The summed E-state index contributed by atoms with van der Waals surface area (Å²) in [5.74, 6) is -1.81. The van der Waals surface area contributed by atoms with Gasteiger partial charge in [-0.25, -0.2) is 17.2 Å². The second-order valence-electron chi connectivity index (χ2n) is 8.01. The van der Waals surface area contributed by atoms with Crippen molar-refractivity contribution >= 4 is 33.8 Å². The summed E-state index contributed by atoms with van der Waals surface area (Å²) < 4.78 is 60.5. The molecule has 0 unspecified atom stereocenters. The number of nitrogens with zero attached hydrogens (tertiary/aromatic N) is 2. The minimum absolute atomic E-state index is 0.0151. The summed E-state index contributed by atoms with van der Waals surface area (Å²) in [4.78, 5) is 12.6. The van der Waals surface area contributed by atoms with E-state index in [0.29, 0.717) is 18.5 Å². The number of anilines is 1. The highest BCUT2D eigenvalue weighted by molar-refractivity contribution is 7.89. The van der Waals surface area contributed by atoms with Crippen molar-refractivity contribution in [2.45, 2.75) is 24.7 Å². The number of amides is 1. The van der Waals surface area contributed by atoms with E-state index in [9.17, 15) is 22.0 Å². The van der Waals surface area contributed by atoms with Gasteiger partial charge in [-0.1, -0.05) is 23.4 Å². The Kier molecular flexibility index (Phi) is 6.90. The first-order valence-electron chi connectivity index (χ1n) is 10.7. The fraction of sp³-hybridized carbons (Fsp3) is 0.250. The Morgan fingerprint density at radius 1 is 1.15 bits per heavy atom. The molecule has 178 valence electrons. The van der Waals surface area contributed by atoms with Crippen LogP contribution in [0, 0.1) is 24.5 Å². The molecule has 10 heteroatoms. The van der Waals surface area contributed by atoms with Gasteiger partial charge in [-0.05, 0) is 62.2 Å². The molecule has 0 bridgehead atoms. The van der Waals surface area contributed by atoms with Crippen molar-refractivity contribution in [3.05, 3.63) is 77.2 Å². The zero-order chi connectivity index (χ0) is 24.3. The molecule has 1 aliphatic rings. The zero-order valence-electron chi connectivity index (χ0n) is 18.4. The molecule has 34 heavy (non-hydrogen) atoms. The molecule has 1 N–H and O–H groups in total. The third-order valence-electron chi connectivity index (χ3n) is 5.62. The maximum atomic E-state index is 13.9. The number of nitrogens with one attached hydrogen (secondary N) is 1. The first-order chi connectivity index (χ1) is 16.3. The van der Waals surface area contributed by atoms with Gasteiger partial charge in [-0.15, -0.1) is 0 Å². The summed E-state index contributed by atoms with van der Waals surface area (Å²) >= 11 is 0. The van der Waals surface area contributed by atoms with Gasteiger partial charge in [0.2, 0.25) is 15.9 Å². The number of aromatic nitrogens is 1. The minimum Gasteiger partial charge on any atom is -0.355 e. The van der Waals surface area contributed by atoms with Gasteiger partial charge in [0.05, 0.1) is 5.92 Å². The molecule has 4 rings (SSSR count). The van der Waals surface area contributed by atoms with Crippen molar-refractivity contribution in [1.82, 2.24) is 9.46 Å². The molecule has 0 radical (unpaired) electrons. The van der Waals surface area contributed by atoms with E-state index in [1.165, 1.54) is 53.7 Å². The molecule has 7 nitrogen and oxygen atoms in total. The number of sulfonamides is 1. The number of carbonyl (C=O) groups excluding carboxylic acids is 1. The van der Waals surface area contributed by atoms with Crippen molar-refractivity contribution in [3.8, 4) is 0 Å². The Labute approximate surface area is 196 Å². The van der Waals surface area contributed by atoms with E-state index in [0.717, 1.165) is 0 Å². The monoisotopic (exact) mass is 487 g/mol. The van der Waals surface area contributed by atoms with Crippen molar-refractivity contribution in [2.75, 3.05) is 18.4 Å². The van der Waals surface area contributed by atoms with Gasteiger partial charge in [0.1, 0.15) is 17.3 Å². The molecule has 0 spiro atoms. The smallest absolute Gasteiger partial charge is 0.248 e. The van der Waals surface area contributed by atoms with E-state index in [-0.39, 0.29) is 40.9 Å². The predicted molar refractivity (Wildman–Crippen MR) is 123 cm³/mol. The van der Waals surface area contributed by atoms with Crippen molar-refractivity contribution in [3.63, 3.8) is 0 Å². The van der Waals surface area contributed by atoms with Gasteiger partial charge < -0.3 is 9.84 Å². The summed E-state index contributed by atoms with van der Waals surface area (Å²) in [5, 5.41) is 6.50. The molecule has 1 aromatic heterocycles. The SMILES string of the molecule is Cc1noc(/C=C/c2ccccc2F)c1S(=O)(=O)N1CCC[C@H](C(=O)Nc2ccc(F)cc2)C1. The fourth-order valence-electron chi connectivity index (χ4n) is 3.86. The Morgan fingerprint density at radius 2 is 1.88 bits per heavy atom. The van der Waals surface area contributed by atoms with Gasteiger partial charge >= 0.3 is 0 Å². The van der Waals surface area contributed by atoms with E-state index in [1.807, 2.05) is 0 Å². The zero-order valence-corrected chi connectivity index (χ0v) is 19.2. The molecule has 1 aliphatic heterocycles. The van der Waals surface area contributed by atoms with Crippen molar-refractivity contribution in [1.29, 1.82) is 0 Å². The number of piperidine rings is 1. The van der Waals surface area contributed by atoms with Crippen LogP contribution in [0.25, 0.3) is 12.2 Å². The Bertz CT molecular complexity index is 1320. The average molecular weight is 488 g/mol. The van der Waals surface area contributed by atoms with Crippen LogP contribution in [0.2, 0.25) is 0 Å². The minimum atomic E-state index is -4.04. The van der Waals surface area contributed by atoms with E-state index < -0.39 is 27.6 Å². The normalized spacial score (nSPS) is 17.2. The van der Waals surface area contributed by atoms with E-state index >= 15 is 0 Å². The van der Waals surface area contributed by atoms with Crippen molar-refractivity contribution in [2.24, 2.45) is 5.92 Å². The molecule has 0 saturated carbocycles. The molecular weight excluding hydrogens is 464 g/mol. The maximum Gasteiger partial charge on any atom is 0.248 e. The maximum absolute atomic E-state index is 13.9. The third-order valence-corrected chi connectivity index (χ3v) is 7.64. The lowest BCUT2D eigenvalue weighted by Gasteiger charge is -2.31. The average Bonchev–Trinajstić information content (AvgIpc) is 3.21. The van der Waals surface area contributed by atoms with Crippen LogP contribution in [-0.4, -0.2) is 36.9 Å². The van der Waals surface area contributed by atoms with Gasteiger partial charge in [-0.3, -0.25) is 4.79 Å². The molecular formula is C24H23F2N3O4S. The highest BCUT2D eigenvalue weighted by Gasteiger charge is 2.37. The Hall–Kier alpha value is -3.37. The van der Waals surface area contributed by atoms with Gasteiger partial charge in [-0.2, -0.15) is 4.31 Å². The summed E-state index contributed by atoms with van der Waals surface area (Å²) in [7, 11) is -4.04. The number of carbonyl (C=O) groups is 1. The third kappa shape index (κ3) is 5.07. The van der Waals surface area contributed by atoms with Crippen LogP contribution in [0.15, 0.2) is 57.9 Å². The second kappa shape index (κ2) is 9.86. The van der Waals surface area contributed by atoms with E-state index in [2.05, 4.69) is 10.5 Å². The fourth-order valence-corrected chi connectivity index (χ4v) is 5.63. The highest BCUT2D eigenvalue weighted by Crippen LogP contribution is 2.30. The van der Waals surface area contributed by atoms with Crippen molar-refractivity contribution < 1.29 is 26.5 Å². The molecule has 1 atom stereocenters. The number of halogens is 2. The molecule has 1 amide bonds. The largest absolute Gasteiger partial charge is 0.355 e. The summed E-state index contributed by atoms with van der Waals surface area (Å²) in [6.45, 7) is 1.74. The van der Waals surface area contributed by atoms with E-state index in [1.54, 1.807) is 18.2 Å². The number of rotatable bonds is 6. The molecule has 1 saturated heterocycles. The highest BCUT2D eigenvalue weighted by atomic mass is 32.2. The lowest BCUT2D eigenvalue weighted by molar-refractivity contribution is -0.120.